The highest BCUT2D eigenvalue weighted by Gasteiger charge is 2.29. The fraction of sp³-hybridized carbons (Fsp3) is 0.350. The predicted octanol–water partition coefficient (Wildman–Crippen LogP) is 2.39. The molecule has 0 aliphatic carbocycles. The third-order valence-corrected chi connectivity index (χ3v) is 5.79. The number of para-hydroxylation sites is 1. The first kappa shape index (κ1) is 23.1. The first-order valence-electron chi connectivity index (χ1n) is 9.39. The van der Waals surface area contributed by atoms with E-state index in [0.29, 0.717) is 19.5 Å². The smallest absolute Gasteiger partial charge is 0.271 e. The van der Waals surface area contributed by atoms with E-state index in [1.54, 1.807) is 0 Å². The molecule has 10 heteroatoms. The van der Waals surface area contributed by atoms with Crippen molar-refractivity contribution in [1.29, 1.82) is 0 Å². The van der Waals surface area contributed by atoms with Crippen LogP contribution in [-0.4, -0.2) is 51.7 Å². The van der Waals surface area contributed by atoms with Crippen molar-refractivity contribution in [2.24, 2.45) is 0 Å². The van der Waals surface area contributed by atoms with Gasteiger partial charge in [0.05, 0.1) is 16.9 Å². The van der Waals surface area contributed by atoms with Crippen LogP contribution in [0.4, 0.5) is 17.1 Å². The van der Waals surface area contributed by atoms with Crippen LogP contribution >= 0.6 is 0 Å². The Kier molecular flexibility index (Phi) is 7.76. The number of carbonyl (C=O) groups is 1. The number of non-ortho nitro benzene ring substituents is 1. The first-order chi connectivity index (χ1) is 14.1. The van der Waals surface area contributed by atoms with Gasteiger partial charge in [0.15, 0.2) is 0 Å². The molecule has 9 nitrogen and oxygen atoms in total. The van der Waals surface area contributed by atoms with Gasteiger partial charge in [0.1, 0.15) is 6.04 Å². The quantitative estimate of drug-likeness (QED) is 0.349. The molecular weight excluding hydrogens is 408 g/mol. The number of benzene rings is 2. The second kappa shape index (κ2) is 10.1. The van der Waals surface area contributed by atoms with E-state index in [4.69, 9.17) is 0 Å². The summed E-state index contributed by atoms with van der Waals surface area (Å²) in [6, 6.07) is 14.0. The molecule has 0 radical (unpaired) electrons. The second-order valence-corrected chi connectivity index (χ2v) is 8.77. The lowest BCUT2D eigenvalue weighted by Crippen LogP contribution is -2.48. The lowest BCUT2D eigenvalue weighted by molar-refractivity contribution is -0.384. The van der Waals surface area contributed by atoms with Crippen LogP contribution in [0.2, 0.25) is 0 Å². The standard InChI is InChI=1S/C20H26N4O5S/c1-16(20(25)21-13-8-14-22(2)17-9-5-4-6-10-17)23(30(3,28)29)18-11-7-12-19(15-18)24(26)27/h4-7,9-12,15-16H,8,13-14H2,1-3H3,(H,21,25)/t16-/m1/s1. The van der Waals surface area contributed by atoms with E-state index in [2.05, 4.69) is 10.2 Å². The van der Waals surface area contributed by atoms with E-state index < -0.39 is 26.9 Å². The molecule has 0 fully saturated rings. The minimum absolute atomic E-state index is 0.0677. The number of carbonyl (C=O) groups excluding carboxylic acids is 1. The number of hydrogen-bond donors (Lipinski definition) is 1. The molecule has 1 amide bonds. The number of nitrogens with one attached hydrogen (secondary N) is 1. The lowest BCUT2D eigenvalue weighted by Gasteiger charge is -2.28. The number of nitro benzene ring substituents is 1. The Hall–Kier alpha value is -3.14. The van der Waals surface area contributed by atoms with Gasteiger partial charge >= 0.3 is 0 Å². The maximum absolute atomic E-state index is 12.6. The largest absolute Gasteiger partial charge is 0.375 e. The van der Waals surface area contributed by atoms with Crippen molar-refractivity contribution in [3.63, 3.8) is 0 Å². The molecule has 2 aromatic carbocycles. The minimum Gasteiger partial charge on any atom is -0.375 e. The SMILES string of the molecule is C[C@H](C(=O)NCCCN(C)c1ccccc1)N(c1cccc([N+](=O)[O-])c1)S(C)(=O)=O. The van der Waals surface area contributed by atoms with Gasteiger partial charge in [-0.15, -0.1) is 0 Å². The third-order valence-electron chi connectivity index (χ3n) is 4.55. The monoisotopic (exact) mass is 434 g/mol. The summed E-state index contributed by atoms with van der Waals surface area (Å²) in [4.78, 5) is 25.0. The molecule has 0 heterocycles. The average molecular weight is 435 g/mol. The maximum Gasteiger partial charge on any atom is 0.271 e. The molecule has 1 N–H and O–H groups in total. The summed E-state index contributed by atoms with van der Waals surface area (Å²) < 4.78 is 25.5. The Morgan fingerprint density at radius 1 is 1.13 bits per heavy atom. The van der Waals surface area contributed by atoms with Crippen LogP contribution in [0.5, 0.6) is 0 Å². The van der Waals surface area contributed by atoms with E-state index in [-0.39, 0.29) is 11.4 Å². The van der Waals surface area contributed by atoms with Gasteiger partial charge in [0, 0.05) is 38.0 Å². The zero-order valence-corrected chi connectivity index (χ0v) is 18.0. The molecule has 2 rings (SSSR count). The van der Waals surface area contributed by atoms with Crippen LogP contribution in [0, 0.1) is 10.1 Å². The molecule has 162 valence electrons. The zero-order chi connectivity index (χ0) is 22.3. The molecule has 0 saturated carbocycles. The highest BCUT2D eigenvalue weighted by atomic mass is 32.2. The van der Waals surface area contributed by atoms with Gasteiger partial charge in [-0.2, -0.15) is 0 Å². The molecule has 0 saturated heterocycles. The van der Waals surface area contributed by atoms with E-state index in [1.165, 1.54) is 25.1 Å². The molecule has 0 unspecified atom stereocenters. The van der Waals surface area contributed by atoms with Gasteiger partial charge < -0.3 is 10.2 Å². The van der Waals surface area contributed by atoms with E-state index in [0.717, 1.165) is 22.3 Å². The second-order valence-electron chi connectivity index (χ2n) is 6.91. The van der Waals surface area contributed by atoms with Crippen LogP contribution in [0.15, 0.2) is 54.6 Å². The molecule has 2 aromatic rings. The molecule has 0 aliphatic heterocycles. The number of nitro groups is 1. The highest BCUT2D eigenvalue weighted by molar-refractivity contribution is 7.92. The Balaban J connectivity index is 2.01. The minimum atomic E-state index is -3.84. The molecule has 0 aliphatic rings. The number of nitrogens with zero attached hydrogens (tertiary/aromatic N) is 3. The van der Waals surface area contributed by atoms with Crippen molar-refractivity contribution < 1.29 is 18.1 Å². The molecule has 0 aromatic heterocycles. The molecule has 30 heavy (non-hydrogen) atoms. The Morgan fingerprint density at radius 2 is 1.77 bits per heavy atom. The molecule has 0 bridgehead atoms. The number of rotatable bonds is 10. The van der Waals surface area contributed by atoms with Crippen LogP contribution in [-0.2, 0) is 14.8 Å². The fourth-order valence-electron chi connectivity index (χ4n) is 3.04. The summed E-state index contributed by atoms with van der Waals surface area (Å²) in [6.07, 6.45) is 1.63. The Labute approximate surface area is 176 Å². The summed E-state index contributed by atoms with van der Waals surface area (Å²) in [5, 5.41) is 13.8. The van der Waals surface area contributed by atoms with Crippen molar-refractivity contribution in [3.8, 4) is 0 Å². The van der Waals surface area contributed by atoms with Gasteiger partial charge in [-0.1, -0.05) is 24.3 Å². The van der Waals surface area contributed by atoms with Crippen molar-refractivity contribution in [2.75, 3.05) is 35.6 Å². The van der Waals surface area contributed by atoms with Gasteiger partial charge in [-0.05, 0) is 31.5 Å². The third kappa shape index (κ3) is 6.18. The van der Waals surface area contributed by atoms with E-state index in [1.807, 2.05) is 37.4 Å². The maximum atomic E-state index is 12.6. The molecular formula is C20H26N4O5S. The average Bonchev–Trinajstić information content (AvgIpc) is 2.70. The highest BCUT2D eigenvalue weighted by Crippen LogP contribution is 2.25. The van der Waals surface area contributed by atoms with E-state index in [9.17, 15) is 23.3 Å². The number of hydrogen-bond acceptors (Lipinski definition) is 6. The summed E-state index contributed by atoms with van der Waals surface area (Å²) >= 11 is 0. The zero-order valence-electron chi connectivity index (χ0n) is 17.2. The first-order valence-corrected chi connectivity index (χ1v) is 11.2. The summed E-state index contributed by atoms with van der Waals surface area (Å²) in [5.74, 6) is -0.478. The van der Waals surface area contributed by atoms with E-state index >= 15 is 0 Å². The summed E-state index contributed by atoms with van der Waals surface area (Å²) in [6.45, 7) is 2.53. The van der Waals surface area contributed by atoms with Crippen LogP contribution in [0.1, 0.15) is 13.3 Å². The van der Waals surface area contributed by atoms with Crippen LogP contribution in [0.25, 0.3) is 0 Å². The topological polar surface area (TPSA) is 113 Å². The number of anilines is 2. The van der Waals surface area contributed by atoms with Gasteiger partial charge in [-0.25, -0.2) is 8.42 Å². The van der Waals surface area contributed by atoms with Gasteiger partial charge in [-0.3, -0.25) is 19.2 Å². The van der Waals surface area contributed by atoms with Crippen LogP contribution in [0.3, 0.4) is 0 Å². The number of amides is 1. The van der Waals surface area contributed by atoms with Crippen molar-refractivity contribution in [2.45, 2.75) is 19.4 Å². The Morgan fingerprint density at radius 3 is 2.37 bits per heavy atom. The fourth-order valence-corrected chi connectivity index (χ4v) is 4.21. The molecule has 0 spiro atoms. The predicted molar refractivity (Wildman–Crippen MR) is 117 cm³/mol. The van der Waals surface area contributed by atoms with Gasteiger partial charge in [0.2, 0.25) is 15.9 Å². The summed E-state index contributed by atoms with van der Waals surface area (Å²) in [5.41, 5.74) is 0.877. The van der Waals surface area contributed by atoms with Crippen molar-refractivity contribution in [3.05, 3.63) is 64.7 Å². The number of sulfonamides is 1. The lowest BCUT2D eigenvalue weighted by atomic mass is 10.2. The normalized spacial score (nSPS) is 12.1. The van der Waals surface area contributed by atoms with Crippen molar-refractivity contribution in [1.82, 2.24) is 5.32 Å². The van der Waals surface area contributed by atoms with Crippen LogP contribution < -0.4 is 14.5 Å². The molecule has 1 atom stereocenters. The summed E-state index contributed by atoms with van der Waals surface area (Å²) in [7, 11) is -1.89. The van der Waals surface area contributed by atoms with Crippen molar-refractivity contribution >= 4 is 33.0 Å². The van der Waals surface area contributed by atoms with Gasteiger partial charge in [0.25, 0.3) is 5.69 Å². The Bertz CT molecular complexity index is 982.